The standard InChI is InChI=1S/C14H13NS2/c1-2-6-13-11(5-1)9-12(17-13)10-16-14-7-3-4-8-15-14/h1-8,12H,9-10H2. The second-order valence-electron chi connectivity index (χ2n) is 4.03. The predicted molar refractivity (Wildman–Crippen MR) is 74.8 cm³/mol. The molecule has 3 rings (SSSR count). The Morgan fingerprint density at radius 3 is 2.88 bits per heavy atom. The number of aromatic nitrogens is 1. The Labute approximate surface area is 110 Å². The molecule has 86 valence electrons. The van der Waals surface area contributed by atoms with Gasteiger partial charge in [-0.2, -0.15) is 0 Å². The van der Waals surface area contributed by atoms with Crippen molar-refractivity contribution in [2.45, 2.75) is 21.6 Å². The molecule has 1 aliphatic rings. The minimum Gasteiger partial charge on any atom is -0.250 e. The Morgan fingerprint density at radius 2 is 2.06 bits per heavy atom. The molecule has 0 N–H and O–H groups in total. The van der Waals surface area contributed by atoms with Crippen LogP contribution in [0.5, 0.6) is 0 Å². The van der Waals surface area contributed by atoms with Gasteiger partial charge in [-0.3, -0.25) is 0 Å². The van der Waals surface area contributed by atoms with E-state index in [2.05, 4.69) is 35.3 Å². The molecule has 2 aromatic rings. The van der Waals surface area contributed by atoms with Crippen LogP contribution in [0.1, 0.15) is 5.56 Å². The maximum absolute atomic E-state index is 4.34. The van der Waals surface area contributed by atoms with E-state index in [1.165, 1.54) is 16.9 Å². The van der Waals surface area contributed by atoms with E-state index in [1.54, 1.807) is 0 Å². The SMILES string of the molecule is c1ccc(SCC2Cc3ccccc3S2)nc1. The summed E-state index contributed by atoms with van der Waals surface area (Å²) in [6, 6.07) is 14.8. The predicted octanol–water partition coefficient (Wildman–Crippen LogP) is 3.89. The zero-order chi connectivity index (χ0) is 11.5. The summed E-state index contributed by atoms with van der Waals surface area (Å²) in [5.74, 6) is 1.14. The molecule has 1 aromatic carbocycles. The third-order valence-corrected chi connectivity index (χ3v) is 5.40. The van der Waals surface area contributed by atoms with Crippen molar-refractivity contribution in [2.75, 3.05) is 5.75 Å². The van der Waals surface area contributed by atoms with Crippen LogP contribution in [0.2, 0.25) is 0 Å². The van der Waals surface area contributed by atoms with Crippen LogP contribution in [0.25, 0.3) is 0 Å². The molecule has 1 atom stereocenters. The monoisotopic (exact) mass is 259 g/mol. The van der Waals surface area contributed by atoms with Crippen LogP contribution in [0.3, 0.4) is 0 Å². The van der Waals surface area contributed by atoms with Crippen molar-refractivity contribution in [1.29, 1.82) is 0 Å². The normalized spacial score (nSPS) is 18.0. The lowest BCUT2D eigenvalue weighted by molar-refractivity contribution is 0.967. The molecule has 2 heterocycles. The summed E-state index contributed by atoms with van der Waals surface area (Å²) in [7, 11) is 0. The van der Waals surface area contributed by atoms with Gasteiger partial charge in [-0.05, 0) is 30.2 Å². The van der Waals surface area contributed by atoms with Gasteiger partial charge in [0.1, 0.15) is 0 Å². The van der Waals surface area contributed by atoms with Gasteiger partial charge in [-0.1, -0.05) is 24.3 Å². The van der Waals surface area contributed by atoms with Crippen LogP contribution >= 0.6 is 23.5 Å². The quantitative estimate of drug-likeness (QED) is 0.776. The fourth-order valence-electron chi connectivity index (χ4n) is 1.96. The molecule has 0 bridgehead atoms. The van der Waals surface area contributed by atoms with Crippen molar-refractivity contribution in [1.82, 2.24) is 4.98 Å². The Bertz CT molecular complexity index is 474. The highest BCUT2D eigenvalue weighted by atomic mass is 32.2. The van der Waals surface area contributed by atoms with Crippen molar-refractivity contribution in [2.24, 2.45) is 0 Å². The first-order valence-electron chi connectivity index (χ1n) is 5.70. The summed E-state index contributed by atoms with van der Waals surface area (Å²) in [5.41, 5.74) is 1.50. The molecule has 0 aliphatic carbocycles. The number of rotatable bonds is 3. The first-order valence-corrected chi connectivity index (χ1v) is 7.57. The van der Waals surface area contributed by atoms with Gasteiger partial charge in [0, 0.05) is 22.1 Å². The summed E-state index contributed by atoms with van der Waals surface area (Å²) in [5, 5.41) is 1.82. The molecule has 1 unspecified atom stereocenters. The van der Waals surface area contributed by atoms with Gasteiger partial charge in [0.2, 0.25) is 0 Å². The summed E-state index contributed by atoms with van der Waals surface area (Å²) in [6.45, 7) is 0. The van der Waals surface area contributed by atoms with Crippen molar-refractivity contribution in [3.8, 4) is 0 Å². The molecule has 0 spiro atoms. The molecule has 0 amide bonds. The molecular formula is C14H13NS2. The van der Waals surface area contributed by atoms with Gasteiger partial charge in [-0.15, -0.1) is 23.5 Å². The van der Waals surface area contributed by atoms with E-state index in [-0.39, 0.29) is 0 Å². The molecule has 0 fully saturated rings. The van der Waals surface area contributed by atoms with E-state index >= 15 is 0 Å². The topological polar surface area (TPSA) is 12.9 Å². The molecule has 1 nitrogen and oxygen atoms in total. The van der Waals surface area contributed by atoms with Gasteiger partial charge < -0.3 is 0 Å². The lowest BCUT2D eigenvalue weighted by Gasteiger charge is -2.06. The molecule has 1 aliphatic heterocycles. The zero-order valence-corrected chi connectivity index (χ0v) is 11.0. The summed E-state index contributed by atoms with van der Waals surface area (Å²) in [4.78, 5) is 5.80. The van der Waals surface area contributed by atoms with E-state index in [9.17, 15) is 0 Å². The molecule has 1 aromatic heterocycles. The first-order chi connectivity index (χ1) is 8.42. The first kappa shape index (κ1) is 11.2. The van der Waals surface area contributed by atoms with Gasteiger partial charge in [-0.25, -0.2) is 4.98 Å². The van der Waals surface area contributed by atoms with Crippen LogP contribution in [0.4, 0.5) is 0 Å². The maximum Gasteiger partial charge on any atom is 0.0960 e. The van der Waals surface area contributed by atoms with Crippen molar-refractivity contribution >= 4 is 23.5 Å². The van der Waals surface area contributed by atoms with Crippen molar-refractivity contribution in [3.05, 3.63) is 54.2 Å². The Balaban J connectivity index is 1.59. The van der Waals surface area contributed by atoms with E-state index in [0.29, 0.717) is 5.25 Å². The number of fused-ring (bicyclic) bond motifs is 1. The van der Waals surface area contributed by atoms with Gasteiger partial charge >= 0.3 is 0 Å². The number of hydrogen-bond acceptors (Lipinski definition) is 3. The van der Waals surface area contributed by atoms with Crippen LogP contribution in [0, 0.1) is 0 Å². The Hall–Kier alpha value is -0.930. The number of pyridine rings is 1. The molecule has 0 radical (unpaired) electrons. The van der Waals surface area contributed by atoms with E-state index in [4.69, 9.17) is 0 Å². The van der Waals surface area contributed by atoms with E-state index < -0.39 is 0 Å². The summed E-state index contributed by atoms with van der Waals surface area (Å²) >= 11 is 3.86. The van der Waals surface area contributed by atoms with Crippen LogP contribution in [0.15, 0.2) is 58.6 Å². The second kappa shape index (κ2) is 5.15. The smallest absolute Gasteiger partial charge is 0.0960 e. The summed E-state index contributed by atoms with van der Waals surface area (Å²) in [6.07, 6.45) is 3.06. The average Bonchev–Trinajstić information content (AvgIpc) is 2.80. The van der Waals surface area contributed by atoms with Crippen molar-refractivity contribution < 1.29 is 0 Å². The number of benzene rings is 1. The minimum atomic E-state index is 0.694. The number of thioether (sulfide) groups is 2. The van der Waals surface area contributed by atoms with Crippen LogP contribution in [-0.2, 0) is 6.42 Å². The Kier molecular flexibility index (Phi) is 3.39. The maximum atomic E-state index is 4.34. The highest BCUT2D eigenvalue weighted by molar-refractivity contribution is 8.03. The lowest BCUT2D eigenvalue weighted by atomic mass is 10.1. The molecule has 3 heteroatoms. The van der Waals surface area contributed by atoms with Gasteiger partial charge in [0.05, 0.1) is 5.03 Å². The van der Waals surface area contributed by atoms with E-state index in [1.807, 2.05) is 41.9 Å². The summed E-state index contributed by atoms with van der Waals surface area (Å²) < 4.78 is 0. The third-order valence-electron chi connectivity index (χ3n) is 2.77. The van der Waals surface area contributed by atoms with Gasteiger partial charge in [0.25, 0.3) is 0 Å². The molecular weight excluding hydrogens is 246 g/mol. The molecule has 17 heavy (non-hydrogen) atoms. The highest BCUT2D eigenvalue weighted by Crippen LogP contribution is 2.38. The second-order valence-corrected chi connectivity index (χ2v) is 6.41. The van der Waals surface area contributed by atoms with Crippen LogP contribution in [-0.4, -0.2) is 16.0 Å². The third kappa shape index (κ3) is 2.67. The fraction of sp³-hybridized carbons (Fsp3) is 0.214. The van der Waals surface area contributed by atoms with Crippen molar-refractivity contribution in [3.63, 3.8) is 0 Å². The van der Waals surface area contributed by atoms with E-state index in [0.717, 1.165) is 10.8 Å². The molecule has 0 saturated heterocycles. The average molecular weight is 259 g/mol. The highest BCUT2D eigenvalue weighted by Gasteiger charge is 2.21. The largest absolute Gasteiger partial charge is 0.250 e. The number of nitrogens with zero attached hydrogens (tertiary/aromatic N) is 1. The zero-order valence-electron chi connectivity index (χ0n) is 9.37. The molecule has 0 saturated carbocycles. The Morgan fingerprint density at radius 1 is 1.18 bits per heavy atom. The minimum absolute atomic E-state index is 0.694. The fourth-order valence-corrected chi connectivity index (χ4v) is 4.30. The van der Waals surface area contributed by atoms with Gasteiger partial charge in [0.15, 0.2) is 0 Å². The number of hydrogen-bond donors (Lipinski definition) is 0. The lowest BCUT2D eigenvalue weighted by Crippen LogP contribution is -2.04. The van der Waals surface area contributed by atoms with Crippen LogP contribution < -0.4 is 0 Å².